The highest BCUT2D eigenvalue weighted by molar-refractivity contribution is 6.30. The van der Waals surface area contributed by atoms with Gasteiger partial charge in [-0.15, -0.1) is 0 Å². The second-order valence-electron chi connectivity index (χ2n) is 9.98. The maximum Gasteiger partial charge on any atom is 0.404 e. The van der Waals surface area contributed by atoms with E-state index in [1.54, 1.807) is 11.9 Å². The second kappa shape index (κ2) is 13.3. The first-order chi connectivity index (χ1) is 16.8. The minimum Gasteiger partial charge on any atom is -0.465 e. The van der Waals surface area contributed by atoms with E-state index in [4.69, 9.17) is 21.4 Å². The van der Waals surface area contributed by atoms with E-state index in [-0.39, 0.29) is 30.1 Å². The van der Waals surface area contributed by atoms with Crippen LogP contribution in [0.25, 0.3) is 0 Å². The highest BCUT2D eigenvalue weighted by atomic mass is 35.5. The number of ether oxygens (including phenoxy) is 1. The third-order valence-electron chi connectivity index (χ3n) is 7.21. The average Bonchev–Trinajstić information content (AvgIpc) is 3.58. The summed E-state index contributed by atoms with van der Waals surface area (Å²) in [5, 5.41) is 24.2. The van der Waals surface area contributed by atoms with E-state index in [2.05, 4.69) is 16.1 Å². The SMILES string of the molecule is CN(CCC(CCCNC(=O)O)c1cccc(Cl)c1)C(=O)NC(CNO)C[C@H]1CCC2(CC2)OC1. The van der Waals surface area contributed by atoms with Crippen LogP contribution in [0, 0.1) is 5.92 Å². The lowest BCUT2D eigenvalue weighted by Crippen LogP contribution is -2.48. The molecule has 3 atom stereocenters. The third-order valence-corrected chi connectivity index (χ3v) is 7.44. The number of rotatable bonds is 13. The van der Waals surface area contributed by atoms with Gasteiger partial charge in [-0.05, 0) is 80.9 Å². The average molecular weight is 511 g/mol. The van der Waals surface area contributed by atoms with Gasteiger partial charge in [0.05, 0.1) is 12.2 Å². The summed E-state index contributed by atoms with van der Waals surface area (Å²) in [4.78, 5) is 25.3. The normalized spacial score (nSPS) is 20.1. The molecule has 1 spiro atoms. The van der Waals surface area contributed by atoms with Crippen LogP contribution in [0.2, 0.25) is 5.02 Å². The van der Waals surface area contributed by atoms with Gasteiger partial charge in [0.25, 0.3) is 0 Å². The zero-order valence-electron chi connectivity index (χ0n) is 20.5. The molecular weight excluding hydrogens is 472 g/mol. The zero-order chi connectivity index (χ0) is 25.3. The van der Waals surface area contributed by atoms with E-state index in [9.17, 15) is 14.8 Å². The summed E-state index contributed by atoms with van der Waals surface area (Å²) >= 11 is 6.19. The number of hydroxylamine groups is 1. The topological polar surface area (TPSA) is 123 Å². The smallest absolute Gasteiger partial charge is 0.404 e. The molecule has 9 nitrogen and oxygen atoms in total. The molecule has 1 aliphatic carbocycles. The maximum atomic E-state index is 12.9. The van der Waals surface area contributed by atoms with Crippen molar-refractivity contribution < 1.29 is 24.6 Å². The van der Waals surface area contributed by atoms with Crippen LogP contribution >= 0.6 is 11.6 Å². The number of nitrogens with zero attached hydrogens (tertiary/aromatic N) is 1. The molecule has 1 aromatic carbocycles. The summed E-state index contributed by atoms with van der Waals surface area (Å²) in [6.07, 6.45) is 6.40. The van der Waals surface area contributed by atoms with Crippen molar-refractivity contribution in [3.8, 4) is 0 Å². The number of carbonyl (C=O) groups is 2. The fraction of sp³-hybridized carbons (Fsp3) is 0.680. The van der Waals surface area contributed by atoms with Gasteiger partial charge in [-0.2, -0.15) is 0 Å². The molecule has 1 saturated carbocycles. The van der Waals surface area contributed by atoms with Crippen LogP contribution in [0.4, 0.5) is 9.59 Å². The Morgan fingerprint density at radius 3 is 2.71 bits per heavy atom. The minimum atomic E-state index is -1.03. The molecule has 1 aliphatic heterocycles. The number of carbonyl (C=O) groups excluding carboxylic acids is 1. The lowest BCUT2D eigenvalue weighted by molar-refractivity contribution is -0.0385. The number of hydrogen-bond acceptors (Lipinski definition) is 5. The van der Waals surface area contributed by atoms with Crippen LogP contribution in [0.5, 0.6) is 0 Å². The Morgan fingerprint density at radius 1 is 1.29 bits per heavy atom. The predicted octanol–water partition coefficient (Wildman–Crippen LogP) is 4.20. The molecule has 35 heavy (non-hydrogen) atoms. The first kappa shape index (κ1) is 27.5. The van der Waals surface area contributed by atoms with Gasteiger partial charge in [-0.3, -0.25) is 0 Å². The van der Waals surface area contributed by atoms with E-state index in [1.807, 2.05) is 24.3 Å². The van der Waals surface area contributed by atoms with Gasteiger partial charge in [0.1, 0.15) is 0 Å². The number of benzene rings is 1. The molecule has 1 heterocycles. The van der Waals surface area contributed by atoms with Crippen LogP contribution in [-0.4, -0.2) is 72.3 Å². The Bertz CT molecular complexity index is 828. The van der Waals surface area contributed by atoms with Crippen molar-refractivity contribution in [2.24, 2.45) is 5.92 Å². The highest BCUT2D eigenvalue weighted by Crippen LogP contribution is 2.47. The minimum absolute atomic E-state index is 0.142. The summed E-state index contributed by atoms with van der Waals surface area (Å²) in [7, 11) is 1.76. The second-order valence-corrected chi connectivity index (χ2v) is 10.4. The third kappa shape index (κ3) is 9.14. The first-order valence-corrected chi connectivity index (χ1v) is 12.9. The largest absolute Gasteiger partial charge is 0.465 e. The fourth-order valence-corrected chi connectivity index (χ4v) is 5.06. The van der Waals surface area contributed by atoms with Crippen LogP contribution in [0.15, 0.2) is 24.3 Å². The standard InChI is InChI=1S/C25H39ClN4O5/c1-30(13-8-19(5-3-12-27-24(32)33)20-4-2-6-21(26)15-20)23(31)29-22(16-28-34)14-18-7-9-25(10-11-25)35-17-18/h2,4,6,15,18-19,22,27-28,34H,3,5,7-14,16-17H2,1H3,(H,29,31)(H,32,33)/t18-,19?,22?/m1/s1. The Balaban J connectivity index is 1.49. The number of amides is 3. The Labute approximate surface area is 212 Å². The van der Waals surface area contributed by atoms with E-state index < -0.39 is 6.09 Å². The predicted molar refractivity (Wildman–Crippen MR) is 134 cm³/mol. The van der Waals surface area contributed by atoms with Crippen LogP contribution < -0.4 is 16.1 Å². The number of nitrogens with one attached hydrogen (secondary N) is 3. The molecule has 3 rings (SSSR count). The van der Waals surface area contributed by atoms with Gasteiger partial charge in [0.15, 0.2) is 0 Å². The van der Waals surface area contributed by atoms with E-state index in [0.29, 0.717) is 37.1 Å². The van der Waals surface area contributed by atoms with Crippen molar-refractivity contribution in [3.05, 3.63) is 34.9 Å². The zero-order valence-corrected chi connectivity index (χ0v) is 21.2. The van der Waals surface area contributed by atoms with Gasteiger partial charge < -0.3 is 30.6 Å². The molecule has 1 saturated heterocycles. The number of carboxylic acid groups (broad SMARTS) is 1. The molecule has 196 valence electrons. The summed E-state index contributed by atoms with van der Waals surface area (Å²) in [6.45, 7) is 1.91. The number of halogens is 1. The van der Waals surface area contributed by atoms with Crippen LogP contribution in [-0.2, 0) is 4.74 Å². The molecule has 3 amide bonds. The Hall–Kier alpha value is -2.07. The highest BCUT2D eigenvalue weighted by Gasteiger charge is 2.46. The molecule has 1 aromatic rings. The first-order valence-electron chi connectivity index (χ1n) is 12.5. The molecule has 0 bridgehead atoms. The quantitative estimate of drug-likeness (QED) is 0.200. The summed E-state index contributed by atoms with van der Waals surface area (Å²) in [5.41, 5.74) is 3.43. The molecular formula is C25H39ClN4O5. The van der Waals surface area contributed by atoms with Crippen molar-refractivity contribution in [2.75, 3.05) is 33.3 Å². The van der Waals surface area contributed by atoms with Crippen molar-refractivity contribution in [1.82, 2.24) is 21.0 Å². The van der Waals surface area contributed by atoms with E-state index in [1.165, 1.54) is 0 Å². The molecule has 5 N–H and O–H groups in total. The van der Waals surface area contributed by atoms with Crippen LogP contribution in [0.1, 0.15) is 62.8 Å². The summed E-state index contributed by atoms with van der Waals surface area (Å²) in [5.74, 6) is 0.514. The number of urea groups is 1. The Morgan fingerprint density at radius 2 is 2.09 bits per heavy atom. The van der Waals surface area contributed by atoms with Gasteiger partial charge in [0, 0.05) is 37.7 Å². The molecule has 0 radical (unpaired) electrons. The maximum absolute atomic E-state index is 12.9. The lowest BCUT2D eigenvalue weighted by atomic mass is 9.91. The van der Waals surface area contributed by atoms with Gasteiger partial charge in [-0.1, -0.05) is 23.7 Å². The van der Waals surface area contributed by atoms with Gasteiger partial charge >= 0.3 is 12.1 Å². The molecule has 2 aliphatic rings. The molecule has 2 fully saturated rings. The molecule has 10 heteroatoms. The molecule has 2 unspecified atom stereocenters. The monoisotopic (exact) mass is 510 g/mol. The lowest BCUT2D eigenvalue weighted by Gasteiger charge is -2.32. The van der Waals surface area contributed by atoms with Crippen molar-refractivity contribution in [3.63, 3.8) is 0 Å². The summed E-state index contributed by atoms with van der Waals surface area (Å²) in [6, 6.07) is 7.30. The van der Waals surface area contributed by atoms with E-state index in [0.717, 1.165) is 50.5 Å². The fourth-order valence-electron chi connectivity index (χ4n) is 4.86. The summed E-state index contributed by atoms with van der Waals surface area (Å²) < 4.78 is 6.04. The van der Waals surface area contributed by atoms with Crippen molar-refractivity contribution >= 4 is 23.7 Å². The van der Waals surface area contributed by atoms with Crippen molar-refractivity contribution in [2.45, 2.75) is 68.9 Å². The molecule has 0 aromatic heterocycles. The van der Waals surface area contributed by atoms with E-state index >= 15 is 0 Å². The van der Waals surface area contributed by atoms with Crippen LogP contribution in [0.3, 0.4) is 0 Å². The van der Waals surface area contributed by atoms with Gasteiger partial charge in [0.2, 0.25) is 0 Å². The van der Waals surface area contributed by atoms with Gasteiger partial charge in [-0.25, -0.2) is 15.1 Å². The Kier molecular flexibility index (Phi) is 10.5. The number of hydrogen-bond donors (Lipinski definition) is 5. The van der Waals surface area contributed by atoms with Crippen molar-refractivity contribution in [1.29, 1.82) is 0 Å².